The molecule has 15 heavy (non-hydrogen) atoms. The van der Waals surface area contributed by atoms with Crippen molar-refractivity contribution in [1.29, 1.82) is 0 Å². The Labute approximate surface area is 88.3 Å². The monoisotopic (exact) mass is 203 g/mol. The van der Waals surface area contributed by atoms with Gasteiger partial charge in [-0.05, 0) is 12.1 Å². The molecule has 0 aliphatic rings. The molecule has 2 heterocycles. The molecule has 0 fully saturated rings. The van der Waals surface area contributed by atoms with Gasteiger partial charge in [0.15, 0.2) is 0 Å². The Morgan fingerprint density at radius 1 is 1.47 bits per heavy atom. The van der Waals surface area contributed by atoms with Crippen LogP contribution in [0.4, 0.5) is 11.5 Å². The molecule has 2 rings (SSSR count). The standard InChI is InChI=1S/C11H13N3O/c1-14(7-9-3-5-15-8-9)11-6-10(12)2-4-13-11/h2-6,8H,7H2,1H3,(H2,12,13). The van der Waals surface area contributed by atoms with Gasteiger partial charge in [-0.2, -0.15) is 0 Å². The minimum atomic E-state index is 0.721. The van der Waals surface area contributed by atoms with Crippen molar-refractivity contribution in [2.24, 2.45) is 0 Å². The number of hydrogen-bond acceptors (Lipinski definition) is 4. The zero-order chi connectivity index (χ0) is 10.7. The summed E-state index contributed by atoms with van der Waals surface area (Å²) in [5.74, 6) is 0.858. The summed E-state index contributed by atoms with van der Waals surface area (Å²) >= 11 is 0. The first kappa shape index (κ1) is 9.58. The van der Waals surface area contributed by atoms with E-state index in [0.717, 1.165) is 23.6 Å². The molecule has 0 bridgehead atoms. The molecule has 0 unspecified atom stereocenters. The smallest absolute Gasteiger partial charge is 0.130 e. The van der Waals surface area contributed by atoms with Gasteiger partial charge in [0, 0.05) is 37.1 Å². The minimum absolute atomic E-state index is 0.721. The molecule has 0 saturated heterocycles. The fourth-order valence-corrected chi connectivity index (χ4v) is 1.38. The zero-order valence-corrected chi connectivity index (χ0v) is 8.55. The second kappa shape index (κ2) is 4.04. The van der Waals surface area contributed by atoms with E-state index >= 15 is 0 Å². The van der Waals surface area contributed by atoms with Crippen LogP contribution < -0.4 is 10.6 Å². The van der Waals surface area contributed by atoms with Gasteiger partial charge in [-0.1, -0.05) is 0 Å². The second-order valence-corrected chi connectivity index (χ2v) is 3.44. The molecular weight excluding hydrogens is 190 g/mol. The fraction of sp³-hybridized carbons (Fsp3) is 0.182. The molecule has 0 aliphatic carbocycles. The third kappa shape index (κ3) is 2.28. The fourth-order valence-electron chi connectivity index (χ4n) is 1.38. The summed E-state index contributed by atoms with van der Waals surface area (Å²) in [5.41, 5.74) is 7.52. The van der Waals surface area contributed by atoms with Gasteiger partial charge in [-0.15, -0.1) is 0 Å². The number of hydrogen-bond donors (Lipinski definition) is 1. The van der Waals surface area contributed by atoms with E-state index in [1.807, 2.05) is 24.1 Å². The molecule has 2 N–H and O–H groups in total. The van der Waals surface area contributed by atoms with Crippen LogP contribution in [0.5, 0.6) is 0 Å². The normalized spacial score (nSPS) is 10.2. The molecule has 78 valence electrons. The van der Waals surface area contributed by atoms with Gasteiger partial charge >= 0.3 is 0 Å². The Bertz CT molecular complexity index is 425. The molecule has 2 aromatic rings. The summed E-state index contributed by atoms with van der Waals surface area (Å²) in [6.07, 6.45) is 5.09. The number of nitrogen functional groups attached to an aromatic ring is 1. The SMILES string of the molecule is CN(Cc1ccoc1)c1cc(N)ccn1. The summed E-state index contributed by atoms with van der Waals surface area (Å²) in [6.45, 7) is 0.757. The third-order valence-electron chi connectivity index (χ3n) is 2.16. The van der Waals surface area contributed by atoms with Gasteiger partial charge in [0.1, 0.15) is 5.82 Å². The van der Waals surface area contributed by atoms with Gasteiger partial charge in [-0.25, -0.2) is 4.98 Å². The van der Waals surface area contributed by atoms with Gasteiger partial charge in [0.05, 0.1) is 12.5 Å². The summed E-state index contributed by atoms with van der Waals surface area (Å²) < 4.78 is 5.00. The van der Waals surface area contributed by atoms with Crippen LogP contribution in [-0.2, 0) is 6.54 Å². The van der Waals surface area contributed by atoms with Gasteiger partial charge in [-0.3, -0.25) is 0 Å². The molecule has 0 spiro atoms. The molecule has 0 radical (unpaired) electrons. The van der Waals surface area contributed by atoms with Crippen LogP contribution in [-0.4, -0.2) is 12.0 Å². The van der Waals surface area contributed by atoms with Crippen molar-refractivity contribution in [1.82, 2.24) is 4.98 Å². The van der Waals surface area contributed by atoms with E-state index in [4.69, 9.17) is 10.2 Å². The molecule has 0 aliphatic heterocycles. The lowest BCUT2D eigenvalue weighted by Crippen LogP contribution is -2.17. The lowest BCUT2D eigenvalue weighted by Gasteiger charge is -2.17. The third-order valence-corrected chi connectivity index (χ3v) is 2.16. The molecule has 4 heteroatoms. The largest absolute Gasteiger partial charge is 0.472 e. The number of nitrogens with two attached hydrogens (primary N) is 1. The quantitative estimate of drug-likeness (QED) is 0.827. The van der Waals surface area contributed by atoms with Crippen molar-refractivity contribution in [3.05, 3.63) is 42.5 Å². The predicted molar refractivity (Wildman–Crippen MR) is 59.5 cm³/mol. The van der Waals surface area contributed by atoms with Gasteiger partial charge < -0.3 is 15.1 Å². The highest BCUT2D eigenvalue weighted by molar-refractivity contribution is 5.49. The van der Waals surface area contributed by atoms with E-state index in [1.165, 1.54) is 0 Å². The first-order chi connectivity index (χ1) is 7.25. The molecule has 0 amide bonds. The number of rotatable bonds is 3. The molecule has 0 saturated carbocycles. The van der Waals surface area contributed by atoms with E-state index in [9.17, 15) is 0 Å². The Morgan fingerprint density at radius 2 is 2.33 bits per heavy atom. The van der Waals surface area contributed by atoms with Gasteiger partial charge in [0.2, 0.25) is 0 Å². The number of anilines is 2. The van der Waals surface area contributed by atoms with E-state index in [0.29, 0.717) is 0 Å². The van der Waals surface area contributed by atoms with Crippen molar-refractivity contribution in [3.63, 3.8) is 0 Å². The first-order valence-corrected chi connectivity index (χ1v) is 4.69. The van der Waals surface area contributed by atoms with Crippen molar-refractivity contribution < 1.29 is 4.42 Å². The van der Waals surface area contributed by atoms with Crippen molar-refractivity contribution >= 4 is 11.5 Å². The van der Waals surface area contributed by atoms with Crippen LogP contribution in [0.2, 0.25) is 0 Å². The average molecular weight is 203 g/mol. The summed E-state index contributed by atoms with van der Waals surface area (Å²) in [4.78, 5) is 6.25. The summed E-state index contributed by atoms with van der Waals surface area (Å²) in [6, 6.07) is 5.55. The highest BCUT2D eigenvalue weighted by Gasteiger charge is 2.04. The molecule has 0 atom stereocenters. The topological polar surface area (TPSA) is 55.3 Å². The maximum absolute atomic E-state index is 5.68. The van der Waals surface area contributed by atoms with E-state index in [1.54, 1.807) is 24.8 Å². The van der Waals surface area contributed by atoms with Crippen LogP contribution in [0.3, 0.4) is 0 Å². The zero-order valence-electron chi connectivity index (χ0n) is 8.55. The maximum Gasteiger partial charge on any atom is 0.130 e. The molecule has 0 aromatic carbocycles. The lowest BCUT2D eigenvalue weighted by atomic mass is 10.3. The van der Waals surface area contributed by atoms with Gasteiger partial charge in [0.25, 0.3) is 0 Å². The molecule has 2 aromatic heterocycles. The Kier molecular flexibility index (Phi) is 2.58. The minimum Gasteiger partial charge on any atom is -0.472 e. The highest BCUT2D eigenvalue weighted by atomic mass is 16.3. The van der Waals surface area contributed by atoms with Crippen molar-refractivity contribution in [3.8, 4) is 0 Å². The van der Waals surface area contributed by atoms with E-state index in [2.05, 4.69) is 4.98 Å². The van der Waals surface area contributed by atoms with Crippen LogP contribution >= 0.6 is 0 Å². The Balaban J connectivity index is 2.11. The summed E-state index contributed by atoms with van der Waals surface area (Å²) in [7, 11) is 1.97. The van der Waals surface area contributed by atoms with E-state index in [-0.39, 0.29) is 0 Å². The molecular formula is C11H13N3O. The number of furan rings is 1. The van der Waals surface area contributed by atoms with Crippen molar-refractivity contribution in [2.45, 2.75) is 6.54 Å². The van der Waals surface area contributed by atoms with E-state index < -0.39 is 0 Å². The average Bonchev–Trinajstić information content (AvgIpc) is 2.70. The number of pyridine rings is 1. The Morgan fingerprint density at radius 3 is 3.00 bits per heavy atom. The predicted octanol–water partition coefficient (Wildman–Crippen LogP) is 1.89. The Hall–Kier alpha value is -1.97. The van der Waals surface area contributed by atoms with Crippen LogP contribution in [0, 0.1) is 0 Å². The molecule has 4 nitrogen and oxygen atoms in total. The number of aromatic nitrogens is 1. The maximum atomic E-state index is 5.68. The van der Waals surface area contributed by atoms with Crippen LogP contribution in [0.25, 0.3) is 0 Å². The van der Waals surface area contributed by atoms with Crippen molar-refractivity contribution in [2.75, 3.05) is 17.7 Å². The summed E-state index contributed by atoms with van der Waals surface area (Å²) in [5, 5.41) is 0. The van der Waals surface area contributed by atoms with Crippen LogP contribution in [0.15, 0.2) is 41.3 Å². The second-order valence-electron chi connectivity index (χ2n) is 3.44. The number of nitrogens with zero attached hydrogens (tertiary/aromatic N) is 2. The first-order valence-electron chi connectivity index (χ1n) is 4.69. The van der Waals surface area contributed by atoms with Crippen LogP contribution in [0.1, 0.15) is 5.56 Å². The highest BCUT2D eigenvalue weighted by Crippen LogP contribution is 2.15. The lowest BCUT2D eigenvalue weighted by molar-refractivity contribution is 0.563.